The van der Waals surface area contributed by atoms with E-state index in [1.807, 2.05) is 6.92 Å². The Morgan fingerprint density at radius 2 is 1.71 bits per heavy atom. The monoisotopic (exact) mass is 205 g/mol. The van der Waals surface area contributed by atoms with Crippen molar-refractivity contribution in [1.29, 1.82) is 0 Å². The molecule has 0 aliphatic rings. The van der Waals surface area contributed by atoms with Gasteiger partial charge in [-0.15, -0.1) is 0 Å². The molecule has 0 aliphatic heterocycles. The van der Waals surface area contributed by atoms with Crippen molar-refractivity contribution in [3.8, 4) is 0 Å². The van der Waals surface area contributed by atoms with Crippen LogP contribution in [0.2, 0.25) is 0 Å². The first-order valence-corrected chi connectivity index (χ1v) is 4.40. The summed E-state index contributed by atoms with van der Waals surface area (Å²) < 4.78 is 5.01. The van der Waals surface area contributed by atoms with E-state index in [0.29, 0.717) is 0 Å². The van der Waals surface area contributed by atoms with Crippen LogP contribution in [-0.4, -0.2) is 29.7 Å². The topological polar surface area (TPSA) is 89.6 Å². The molecule has 2 atom stereocenters. The SMILES string of the molecule is CC(C)C(=O)OC(C)C(C)N.O=CO. The lowest BCUT2D eigenvalue weighted by atomic mass is 10.2. The average molecular weight is 205 g/mol. The van der Waals surface area contributed by atoms with Gasteiger partial charge in [-0.25, -0.2) is 0 Å². The Balaban J connectivity index is 0. The molecule has 0 saturated carbocycles. The first kappa shape index (κ1) is 15.4. The molecule has 0 amide bonds. The van der Waals surface area contributed by atoms with Crippen molar-refractivity contribution in [2.24, 2.45) is 11.7 Å². The minimum atomic E-state index is -0.250. The van der Waals surface area contributed by atoms with Crippen LogP contribution in [0.5, 0.6) is 0 Å². The second-order valence-corrected chi connectivity index (χ2v) is 3.26. The van der Waals surface area contributed by atoms with Crippen LogP contribution in [0.15, 0.2) is 0 Å². The van der Waals surface area contributed by atoms with E-state index in [-0.39, 0.29) is 30.5 Å². The van der Waals surface area contributed by atoms with Crippen LogP contribution in [0, 0.1) is 5.92 Å². The zero-order valence-corrected chi connectivity index (χ0v) is 9.06. The normalized spacial score (nSPS) is 13.6. The molecule has 3 N–H and O–H groups in total. The lowest BCUT2D eigenvalue weighted by Gasteiger charge is -2.17. The van der Waals surface area contributed by atoms with Crippen molar-refractivity contribution >= 4 is 12.4 Å². The van der Waals surface area contributed by atoms with Gasteiger partial charge >= 0.3 is 5.97 Å². The molecule has 5 heteroatoms. The number of carbonyl (C=O) groups excluding carboxylic acids is 1. The van der Waals surface area contributed by atoms with Gasteiger partial charge in [0.2, 0.25) is 0 Å². The van der Waals surface area contributed by atoms with Crippen molar-refractivity contribution in [2.45, 2.75) is 39.8 Å². The van der Waals surface area contributed by atoms with Crippen LogP contribution in [0.1, 0.15) is 27.7 Å². The maximum absolute atomic E-state index is 11.0. The highest BCUT2D eigenvalue weighted by Gasteiger charge is 2.15. The summed E-state index contributed by atoms with van der Waals surface area (Å²) >= 11 is 0. The number of carbonyl (C=O) groups is 2. The molecule has 5 nitrogen and oxygen atoms in total. The summed E-state index contributed by atoms with van der Waals surface area (Å²) in [5.74, 6) is -0.258. The summed E-state index contributed by atoms with van der Waals surface area (Å²) in [5.41, 5.74) is 5.51. The van der Waals surface area contributed by atoms with E-state index in [4.69, 9.17) is 20.4 Å². The van der Waals surface area contributed by atoms with E-state index in [0.717, 1.165) is 0 Å². The van der Waals surface area contributed by atoms with Crippen molar-refractivity contribution in [3.05, 3.63) is 0 Å². The zero-order chi connectivity index (χ0) is 11.7. The first-order chi connectivity index (χ1) is 6.36. The summed E-state index contributed by atoms with van der Waals surface area (Å²) in [6.45, 7) is 6.97. The summed E-state index contributed by atoms with van der Waals surface area (Å²) in [5, 5.41) is 6.89. The largest absolute Gasteiger partial charge is 0.483 e. The fourth-order valence-corrected chi connectivity index (χ4v) is 0.427. The molecule has 0 saturated heterocycles. The fraction of sp³-hybridized carbons (Fsp3) is 0.778. The van der Waals surface area contributed by atoms with Gasteiger partial charge in [-0.1, -0.05) is 13.8 Å². The Morgan fingerprint density at radius 3 is 1.93 bits per heavy atom. The average Bonchev–Trinajstić information content (AvgIpc) is 2.05. The Morgan fingerprint density at radius 1 is 1.36 bits per heavy atom. The highest BCUT2D eigenvalue weighted by atomic mass is 16.5. The third kappa shape index (κ3) is 8.99. The van der Waals surface area contributed by atoms with Gasteiger partial charge in [-0.05, 0) is 13.8 Å². The molecular weight excluding hydrogens is 186 g/mol. The number of esters is 1. The van der Waals surface area contributed by atoms with Gasteiger partial charge in [-0.3, -0.25) is 9.59 Å². The Kier molecular flexibility index (Phi) is 9.33. The molecule has 0 rings (SSSR count). The standard InChI is InChI=1S/C8H17NO2.CH2O2/c1-5(2)8(10)11-7(4)6(3)9;2-1-3/h5-7H,9H2,1-4H3;1H,(H,2,3). The van der Waals surface area contributed by atoms with E-state index in [1.54, 1.807) is 20.8 Å². The van der Waals surface area contributed by atoms with E-state index >= 15 is 0 Å². The van der Waals surface area contributed by atoms with E-state index in [9.17, 15) is 4.79 Å². The van der Waals surface area contributed by atoms with Gasteiger partial charge in [0.05, 0.1) is 5.92 Å². The van der Waals surface area contributed by atoms with Crippen LogP contribution in [0.4, 0.5) is 0 Å². The van der Waals surface area contributed by atoms with Crippen LogP contribution < -0.4 is 5.73 Å². The fourth-order valence-electron chi connectivity index (χ4n) is 0.427. The number of nitrogens with two attached hydrogens (primary N) is 1. The van der Waals surface area contributed by atoms with Crippen LogP contribution >= 0.6 is 0 Å². The van der Waals surface area contributed by atoms with Gasteiger partial charge in [0.1, 0.15) is 6.10 Å². The molecule has 0 heterocycles. The van der Waals surface area contributed by atoms with Gasteiger partial charge in [0, 0.05) is 6.04 Å². The maximum Gasteiger partial charge on any atom is 0.308 e. The Hall–Kier alpha value is -1.10. The summed E-state index contributed by atoms with van der Waals surface area (Å²) in [4.78, 5) is 19.3. The third-order valence-electron chi connectivity index (χ3n) is 1.51. The highest BCUT2D eigenvalue weighted by Crippen LogP contribution is 2.02. The lowest BCUT2D eigenvalue weighted by Crippen LogP contribution is -2.34. The number of hydrogen-bond acceptors (Lipinski definition) is 4. The molecule has 0 spiro atoms. The molecule has 14 heavy (non-hydrogen) atoms. The minimum Gasteiger partial charge on any atom is -0.483 e. The van der Waals surface area contributed by atoms with E-state index in [2.05, 4.69) is 0 Å². The predicted octanol–water partition coefficient (Wildman–Crippen LogP) is 0.622. The van der Waals surface area contributed by atoms with Gasteiger partial charge < -0.3 is 15.6 Å². The molecule has 2 unspecified atom stereocenters. The second-order valence-electron chi connectivity index (χ2n) is 3.26. The van der Waals surface area contributed by atoms with Crippen LogP contribution in [0.3, 0.4) is 0 Å². The highest BCUT2D eigenvalue weighted by molar-refractivity contribution is 5.71. The number of rotatable bonds is 3. The molecular formula is C9H19NO4. The molecule has 0 aromatic rings. The van der Waals surface area contributed by atoms with Crippen molar-refractivity contribution < 1.29 is 19.4 Å². The van der Waals surface area contributed by atoms with Crippen LogP contribution in [0.25, 0.3) is 0 Å². The summed E-state index contributed by atoms with van der Waals surface area (Å²) in [7, 11) is 0. The minimum absolute atomic E-state index is 0.0730. The van der Waals surface area contributed by atoms with E-state index < -0.39 is 0 Å². The molecule has 0 aromatic heterocycles. The quantitative estimate of drug-likeness (QED) is 0.520. The number of hydrogen-bond donors (Lipinski definition) is 2. The summed E-state index contributed by atoms with van der Waals surface area (Å²) in [6.07, 6.45) is -0.190. The third-order valence-corrected chi connectivity index (χ3v) is 1.51. The predicted molar refractivity (Wildman–Crippen MR) is 52.7 cm³/mol. The molecule has 0 bridgehead atoms. The van der Waals surface area contributed by atoms with Crippen molar-refractivity contribution in [3.63, 3.8) is 0 Å². The van der Waals surface area contributed by atoms with Crippen molar-refractivity contribution in [2.75, 3.05) is 0 Å². The molecule has 0 aromatic carbocycles. The second kappa shape index (κ2) is 8.50. The number of ether oxygens (including phenoxy) is 1. The Bertz CT molecular complexity index is 168. The first-order valence-electron chi connectivity index (χ1n) is 4.40. The number of carboxylic acid groups (broad SMARTS) is 1. The van der Waals surface area contributed by atoms with Gasteiger partial charge in [-0.2, -0.15) is 0 Å². The smallest absolute Gasteiger partial charge is 0.308 e. The molecule has 84 valence electrons. The molecule has 0 radical (unpaired) electrons. The Labute approximate surface area is 84.2 Å². The summed E-state index contributed by atoms with van der Waals surface area (Å²) in [6, 6.07) is -0.0994. The zero-order valence-electron chi connectivity index (χ0n) is 9.06. The maximum atomic E-state index is 11.0. The lowest BCUT2D eigenvalue weighted by molar-refractivity contribution is -0.152. The van der Waals surface area contributed by atoms with Crippen molar-refractivity contribution in [1.82, 2.24) is 0 Å². The van der Waals surface area contributed by atoms with Crippen LogP contribution in [-0.2, 0) is 14.3 Å². The van der Waals surface area contributed by atoms with Gasteiger partial charge in [0.15, 0.2) is 0 Å². The van der Waals surface area contributed by atoms with Gasteiger partial charge in [0.25, 0.3) is 6.47 Å². The molecule has 0 aliphatic carbocycles. The van der Waals surface area contributed by atoms with E-state index in [1.165, 1.54) is 0 Å². The molecule has 0 fully saturated rings.